The van der Waals surface area contributed by atoms with Crippen LogP contribution < -0.4 is 5.73 Å². The summed E-state index contributed by atoms with van der Waals surface area (Å²) in [6, 6.07) is 0. The molecule has 0 aliphatic heterocycles. The molecule has 0 aromatic carbocycles. The molecule has 18 heavy (non-hydrogen) atoms. The van der Waals surface area contributed by atoms with Crippen LogP contribution in [0.3, 0.4) is 0 Å². The van der Waals surface area contributed by atoms with Crippen molar-refractivity contribution in [2.45, 2.75) is 50.7 Å². The van der Waals surface area contributed by atoms with Crippen LogP contribution in [-0.2, 0) is 14.3 Å². The Morgan fingerprint density at radius 2 is 1.83 bits per heavy atom. The number of halogens is 2. The lowest BCUT2D eigenvalue weighted by Crippen LogP contribution is -2.57. The number of carbonyl (C=O) groups excluding carboxylic acids is 1. The summed E-state index contributed by atoms with van der Waals surface area (Å²) in [7, 11) is 0. The van der Waals surface area contributed by atoms with Crippen LogP contribution in [0, 0.1) is 5.92 Å². The van der Waals surface area contributed by atoms with E-state index in [4.69, 9.17) is 15.6 Å². The lowest BCUT2D eigenvalue weighted by Gasteiger charge is -2.30. The smallest absolute Gasteiger partial charge is 0.324 e. The summed E-state index contributed by atoms with van der Waals surface area (Å²) in [5.74, 6) is -8.50. The van der Waals surface area contributed by atoms with Gasteiger partial charge in [-0.2, -0.15) is 0 Å². The van der Waals surface area contributed by atoms with Crippen LogP contribution in [0.1, 0.15) is 33.6 Å². The quantitative estimate of drug-likeness (QED) is 0.731. The minimum absolute atomic E-state index is 0.459. The average Bonchev–Trinajstić information content (AvgIpc) is 2.35. The molecule has 1 rings (SSSR count). The van der Waals surface area contributed by atoms with Gasteiger partial charge in [-0.3, -0.25) is 9.59 Å². The predicted molar refractivity (Wildman–Crippen MR) is 58.1 cm³/mol. The summed E-state index contributed by atoms with van der Waals surface area (Å²) in [6.45, 7) is 4.53. The average molecular weight is 265 g/mol. The third kappa shape index (κ3) is 2.60. The third-order valence-electron chi connectivity index (χ3n) is 2.85. The van der Waals surface area contributed by atoms with E-state index in [0.717, 1.165) is 0 Å². The molecule has 1 fully saturated rings. The molecule has 1 aliphatic carbocycles. The summed E-state index contributed by atoms with van der Waals surface area (Å²) < 4.78 is 32.1. The Hall–Kier alpha value is -1.24. The molecular weight excluding hydrogens is 248 g/mol. The zero-order valence-electron chi connectivity index (χ0n) is 10.5. The molecule has 0 bridgehead atoms. The number of rotatable bonds is 2. The van der Waals surface area contributed by atoms with Gasteiger partial charge in [0.2, 0.25) is 0 Å². The highest BCUT2D eigenvalue weighted by molar-refractivity contribution is 5.89. The van der Waals surface area contributed by atoms with E-state index in [1.165, 1.54) is 20.8 Å². The van der Waals surface area contributed by atoms with Gasteiger partial charge < -0.3 is 15.6 Å². The van der Waals surface area contributed by atoms with Crippen LogP contribution in [0.25, 0.3) is 0 Å². The Bertz CT molecular complexity index is 378. The number of carbonyl (C=O) groups is 2. The Morgan fingerprint density at radius 1 is 1.33 bits per heavy atom. The first-order valence-electron chi connectivity index (χ1n) is 5.53. The van der Waals surface area contributed by atoms with Crippen molar-refractivity contribution in [1.82, 2.24) is 0 Å². The Balaban J connectivity index is 3.07. The van der Waals surface area contributed by atoms with Gasteiger partial charge in [0, 0.05) is 6.42 Å². The van der Waals surface area contributed by atoms with E-state index in [2.05, 4.69) is 0 Å². The van der Waals surface area contributed by atoms with Crippen molar-refractivity contribution in [3.63, 3.8) is 0 Å². The van der Waals surface area contributed by atoms with Crippen LogP contribution in [-0.4, -0.2) is 34.1 Å². The minimum atomic E-state index is -3.46. The van der Waals surface area contributed by atoms with E-state index >= 15 is 0 Å². The topological polar surface area (TPSA) is 89.6 Å². The van der Waals surface area contributed by atoms with Crippen molar-refractivity contribution in [1.29, 1.82) is 0 Å². The summed E-state index contributed by atoms with van der Waals surface area (Å²) in [5, 5.41) is 8.96. The molecule has 7 heteroatoms. The van der Waals surface area contributed by atoms with Crippen LogP contribution in [0.4, 0.5) is 8.78 Å². The molecule has 0 aromatic heterocycles. The van der Waals surface area contributed by atoms with Crippen molar-refractivity contribution in [2.75, 3.05) is 0 Å². The van der Waals surface area contributed by atoms with E-state index in [1.807, 2.05) is 0 Å². The highest BCUT2D eigenvalue weighted by Crippen LogP contribution is 2.46. The number of ether oxygens (including phenoxy) is 1. The Kier molecular flexibility index (Phi) is 3.42. The molecule has 1 saturated carbocycles. The van der Waals surface area contributed by atoms with Crippen LogP contribution in [0.2, 0.25) is 0 Å². The van der Waals surface area contributed by atoms with Gasteiger partial charge in [0.05, 0.1) is 0 Å². The fourth-order valence-electron chi connectivity index (χ4n) is 2.01. The second-order valence-corrected chi connectivity index (χ2v) is 5.57. The normalized spacial score (nSPS) is 31.1. The van der Waals surface area contributed by atoms with Crippen molar-refractivity contribution < 1.29 is 28.2 Å². The monoisotopic (exact) mass is 265 g/mol. The Morgan fingerprint density at radius 3 is 2.22 bits per heavy atom. The van der Waals surface area contributed by atoms with E-state index in [1.54, 1.807) is 0 Å². The fourth-order valence-corrected chi connectivity index (χ4v) is 2.01. The maximum absolute atomic E-state index is 13.6. The molecule has 0 heterocycles. The number of hydrogen-bond donors (Lipinski definition) is 2. The van der Waals surface area contributed by atoms with Crippen molar-refractivity contribution >= 4 is 11.9 Å². The molecule has 3 N–H and O–H groups in total. The van der Waals surface area contributed by atoms with E-state index in [0.29, 0.717) is 0 Å². The first-order valence-corrected chi connectivity index (χ1v) is 5.53. The fraction of sp³-hybridized carbons (Fsp3) is 0.818. The van der Waals surface area contributed by atoms with Crippen LogP contribution in [0.5, 0.6) is 0 Å². The summed E-state index contributed by atoms with van der Waals surface area (Å²) in [4.78, 5) is 22.8. The molecule has 5 nitrogen and oxygen atoms in total. The van der Waals surface area contributed by atoms with E-state index < -0.39 is 47.8 Å². The molecule has 2 unspecified atom stereocenters. The number of carboxylic acid groups (broad SMARTS) is 1. The number of carboxylic acids is 1. The number of alkyl halides is 2. The number of esters is 1. The van der Waals surface area contributed by atoms with Crippen LogP contribution in [0.15, 0.2) is 0 Å². The maximum atomic E-state index is 13.6. The largest absolute Gasteiger partial charge is 0.480 e. The molecule has 104 valence electrons. The standard InChI is InChI=1S/C11H17F2NO4/c1-9(2,3)18-7(15)6-10(14,8(16)17)4-5-11(6,12)13/h6H,4-5,14H2,1-3H3,(H,16,17). The first kappa shape index (κ1) is 14.8. The van der Waals surface area contributed by atoms with Gasteiger partial charge in [-0.1, -0.05) is 0 Å². The van der Waals surface area contributed by atoms with E-state index in [9.17, 15) is 18.4 Å². The molecule has 0 spiro atoms. The molecule has 0 saturated heterocycles. The van der Waals surface area contributed by atoms with Gasteiger partial charge >= 0.3 is 11.9 Å². The Labute approximate surface area is 103 Å². The number of nitrogens with two attached hydrogens (primary N) is 1. The maximum Gasteiger partial charge on any atom is 0.324 e. The third-order valence-corrected chi connectivity index (χ3v) is 2.85. The second-order valence-electron chi connectivity index (χ2n) is 5.57. The molecule has 0 aromatic rings. The molecule has 1 aliphatic rings. The first-order chi connectivity index (χ1) is 7.90. The van der Waals surface area contributed by atoms with Crippen molar-refractivity contribution in [3.8, 4) is 0 Å². The van der Waals surface area contributed by atoms with Gasteiger partial charge in [-0.25, -0.2) is 8.78 Å². The van der Waals surface area contributed by atoms with Gasteiger partial charge in [0.25, 0.3) is 5.92 Å². The lowest BCUT2D eigenvalue weighted by atomic mass is 9.86. The summed E-state index contributed by atoms with van der Waals surface area (Å²) in [6.07, 6.45) is -1.20. The van der Waals surface area contributed by atoms with Gasteiger partial charge in [0.15, 0.2) is 0 Å². The number of hydrogen-bond acceptors (Lipinski definition) is 4. The summed E-state index contributed by atoms with van der Waals surface area (Å²) in [5.41, 5.74) is 2.21. The van der Waals surface area contributed by atoms with Gasteiger partial charge in [0.1, 0.15) is 17.1 Å². The lowest BCUT2D eigenvalue weighted by molar-refractivity contribution is -0.179. The SMILES string of the molecule is CC(C)(C)OC(=O)C1C(F)(F)CCC1(N)C(=O)O. The zero-order valence-corrected chi connectivity index (χ0v) is 10.5. The van der Waals surface area contributed by atoms with Crippen molar-refractivity contribution in [3.05, 3.63) is 0 Å². The number of aliphatic carboxylic acids is 1. The predicted octanol–water partition coefficient (Wildman–Crippen LogP) is 1.16. The zero-order chi connectivity index (χ0) is 14.4. The van der Waals surface area contributed by atoms with Crippen molar-refractivity contribution in [2.24, 2.45) is 11.7 Å². The molecule has 0 radical (unpaired) electrons. The van der Waals surface area contributed by atoms with Gasteiger partial charge in [-0.05, 0) is 27.2 Å². The molecular formula is C11H17F2NO4. The van der Waals surface area contributed by atoms with Crippen LogP contribution >= 0.6 is 0 Å². The van der Waals surface area contributed by atoms with E-state index in [-0.39, 0.29) is 0 Å². The summed E-state index contributed by atoms with van der Waals surface area (Å²) >= 11 is 0. The molecule has 0 amide bonds. The highest BCUT2D eigenvalue weighted by atomic mass is 19.3. The highest BCUT2D eigenvalue weighted by Gasteiger charge is 2.65. The van der Waals surface area contributed by atoms with Gasteiger partial charge in [-0.15, -0.1) is 0 Å². The second kappa shape index (κ2) is 4.15. The minimum Gasteiger partial charge on any atom is -0.480 e. The molecule has 2 atom stereocenters.